The molecular formula is C50H26F12N4. The highest BCUT2D eigenvalue weighted by molar-refractivity contribution is 6.13. The van der Waals surface area contributed by atoms with Crippen molar-refractivity contribution in [1.29, 1.82) is 10.5 Å². The zero-order valence-corrected chi connectivity index (χ0v) is 33.9. The lowest BCUT2D eigenvalue weighted by molar-refractivity contribution is -0.138. The van der Waals surface area contributed by atoms with E-state index in [0.29, 0.717) is 35.4 Å². The third-order valence-corrected chi connectivity index (χ3v) is 11.6. The Morgan fingerprint density at radius 2 is 0.682 bits per heavy atom. The highest BCUT2D eigenvalue weighted by Gasteiger charge is 2.36. The fourth-order valence-corrected chi connectivity index (χ4v) is 8.64. The van der Waals surface area contributed by atoms with Crippen molar-refractivity contribution in [1.82, 2.24) is 9.13 Å². The molecule has 9 rings (SSSR count). The van der Waals surface area contributed by atoms with Gasteiger partial charge in [0.1, 0.15) is 0 Å². The van der Waals surface area contributed by atoms with Crippen LogP contribution in [-0.4, -0.2) is 9.13 Å². The van der Waals surface area contributed by atoms with Gasteiger partial charge < -0.3 is 9.13 Å². The molecule has 0 aliphatic rings. The summed E-state index contributed by atoms with van der Waals surface area (Å²) in [5, 5.41) is 20.1. The second-order valence-electron chi connectivity index (χ2n) is 15.8. The molecule has 0 amide bonds. The summed E-state index contributed by atoms with van der Waals surface area (Å²) in [6.45, 7) is 3.40. The maximum atomic E-state index is 14.3. The van der Waals surface area contributed by atoms with Crippen molar-refractivity contribution in [2.24, 2.45) is 0 Å². The van der Waals surface area contributed by atoms with Gasteiger partial charge in [-0.3, -0.25) is 0 Å². The van der Waals surface area contributed by atoms with Crippen LogP contribution in [0.4, 0.5) is 52.7 Å². The topological polar surface area (TPSA) is 57.4 Å². The number of halogens is 12. The lowest BCUT2D eigenvalue weighted by atomic mass is 9.90. The summed E-state index contributed by atoms with van der Waals surface area (Å²) in [7, 11) is 0. The second-order valence-corrected chi connectivity index (χ2v) is 15.8. The van der Waals surface area contributed by atoms with Gasteiger partial charge in [0.15, 0.2) is 0 Å². The van der Waals surface area contributed by atoms with Crippen LogP contribution in [0.25, 0.3) is 77.2 Å². The fourth-order valence-electron chi connectivity index (χ4n) is 8.64. The summed E-state index contributed by atoms with van der Waals surface area (Å²) in [5.41, 5.74) is -2.78. The number of aryl methyl sites for hydroxylation is 2. The summed E-state index contributed by atoms with van der Waals surface area (Å²) >= 11 is 0. The normalized spacial score (nSPS) is 12.7. The molecule has 4 nitrogen and oxygen atoms in total. The molecular weight excluding hydrogens is 885 g/mol. The average molecular weight is 911 g/mol. The average Bonchev–Trinajstić information content (AvgIpc) is 3.76. The Kier molecular flexibility index (Phi) is 9.84. The summed E-state index contributed by atoms with van der Waals surface area (Å²) in [5.74, 6) is 0. The number of alkyl halides is 12. The van der Waals surface area contributed by atoms with Gasteiger partial charge >= 0.3 is 24.7 Å². The van der Waals surface area contributed by atoms with Gasteiger partial charge in [0.05, 0.1) is 79.0 Å². The molecule has 7 aromatic carbocycles. The predicted molar refractivity (Wildman–Crippen MR) is 225 cm³/mol. The van der Waals surface area contributed by atoms with Crippen LogP contribution in [0.3, 0.4) is 0 Å². The molecule has 0 aliphatic heterocycles. The van der Waals surface area contributed by atoms with Gasteiger partial charge in [-0.2, -0.15) is 63.2 Å². The molecule has 9 aromatic rings. The summed E-state index contributed by atoms with van der Waals surface area (Å²) in [6, 6.07) is 27.0. The van der Waals surface area contributed by atoms with E-state index in [0.717, 1.165) is 48.5 Å². The van der Waals surface area contributed by atoms with Crippen molar-refractivity contribution in [3.8, 4) is 45.8 Å². The Morgan fingerprint density at radius 3 is 0.985 bits per heavy atom. The van der Waals surface area contributed by atoms with E-state index < -0.39 is 47.0 Å². The van der Waals surface area contributed by atoms with Crippen molar-refractivity contribution >= 4 is 43.6 Å². The number of hydrogen-bond acceptors (Lipinski definition) is 2. The first-order valence-corrected chi connectivity index (χ1v) is 19.6. The monoisotopic (exact) mass is 910 g/mol. The summed E-state index contributed by atoms with van der Waals surface area (Å²) < 4.78 is 175. The fraction of sp³-hybridized carbons (Fsp3) is 0.120. The number of rotatable bonds is 4. The smallest absolute Gasteiger partial charge is 0.309 e. The van der Waals surface area contributed by atoms with Gasteiger partial charge in [-0.25, -0.2) is 0 Å². The molecule has 2 aromatic heterocycles. The van der Waals surface area contributed by atoms with Crippen LogP contribution in [0, 0.1) is 36.5 Å². The quantitative estimate of drug-likeness (QED) is 0.165. The van der Waals surface area contributed by atoms with Crippen LogP contribution < -0.4 is 0 Å². The van der Waals surface area contributed by atoms with E-state index in [4.69, 9.17) is 0 Å². The van der Waals surface area contributed by atoms with Gasteiger partial charge in [-0.1, -0.05) is 24.3 Å². The van der Waals surface area contributed by atoms with Crippen LogP contribution in [0.1, 0.15) is 44.5 Å². The Labute approximate surface area is 365 Å². The first-order valence-electron chi connectivity index (χ1n) is 19.6. The first kappa shape index (κ1) is 43.5. The van der Waals surface area contributed by atoms with Crippen molar-refractivity contribution in [2.45, 2.75) is 38.6 Å². The Morgan fingerprint density at radius 1 is 0.379 bits per heavy atom. The van der Waals surface area contributed by atoms with Gasteiger partial charge in [-0.05, 0) is 133 Å². The van der Waals surface area contributed by atoms with Crippen LogP contribution in [0.15, 0.2) is 121 Å². The van der Waals surface area contributed by atoms with Gasteiger partial charge in [0.2, 0.25) is 0 Å². The predicted octanol–water partition coefficient (Wildman–Crippen LogP) is 15.7. The zero-order chi connectivity index (χ0) is 47.4. The van der Waals surface area contributed by atoms with Crippen LogP contribution in [0.5, 0.6) is 0 Å². The van der Waals surface area contributed by atoms with E-state index in [1.807, 2.05) is 0 Å². The number of benzene rings is 7. The van der Waals surface area contributed by atoms with Crippen molar-refractivity contribution in [3.05, 3.63) is 166 Å². The standard InChI is InChI=1S/C50H26F12N4/c1-25-3-9-34(28(15-25)23-63)27-17-44(65-40-11-5-30(47(51,52)53)19-36(40)37-20-31(48(54,55)56)6-12-41(37)65)46(35-10-4-26(2)16-29(35)24-64)45(18-27)66-42-13-7-32(49(57,58)59)21-38(42)39-22-33(50(60,61)62)8-14-43(39)66/h3-22H,1-2H3. The number of nitriles is 2. The molecule has 66 heavy (non-hydrogen) atoms. The lowest BCUT2D eigenvalue weighted by Crippen LogP contribution is -2.07. The molecule has 0 aliphatic carbocycles. The van der Waals surface area contributed by atoms with E-state index in [-0.39, 0.29) is 88.4 Å². The number of nitrogens with zero attached hydrogens (tertiary/aromatic N) is 4. The third kappa shape index (κ3) is 7.23. The van der Waals surface area contributed by atoms with Gasteiger partial charge in [-0.15, -0.1) is 0 Å². The molecule has 0 atom stereocenters. The SMILES string of the molecule is Cc1ccc(-c2cc(-n3c4ccc(C(F)(F)F)cc4c4cc(C(F)(F)F)ccc43)c(-c3ccc(C)cc3C#N)c(-n3c4ccc(C(F)(F)F)cc4c4cc(C(F)(F)F)ccc43)c2)c(C#N)c1. The molecule has 2 heterocycles. The van der Waals surface area contributed by atoms with Crippen molar-refractivity contribution in [2.75, 3.05) is 0 Å². The largest absolute Gasteiger partial charge is 0.416 e. The van der Waals surface area contributed by atoms with E-state index in [2.05, 4.69) is 12.1 Å². The van der Waals surface area contributed by atoms with Gasteiger partial charge in [0.25, 0.3) is 0 Å². The molecule has 330 valence electrons. The van der Waals surface area contributed by atoms with Crippen LogP contribution >= 0.6 is 0 Å². The molecule has 0 N–H and O–H groups in total. The summed E-state index contributed by atoms with van der Waals surface area (Å²) in [6.07, 6.45) is -19.7. The molecule has 16 heteroatoms. The number of fused-ring (bicyclic) bond motifs is 6. The van der Waals surface area contributed by atoms with Crippen molar-refractivity contribution < 1.29 is 52.7 Å². The number of aromatic nitrogens is 2. The first-order chi connectivity index (χ1) is 31.0. The minimum Gasteiger partial charge on any atom is -0.309 e. The molecule has 0 saturated heterocycles. The minimum absolute atomic E-state index is 0.0114. The van der Waals surface area contributed by atoms with E-state index in [1.54, 1.807) is 38.1 Å². The molecule has 0 spiro atoms. The molecule has 0 fully saturated rings. The third-order valence-electron chi connectivity index (χ3n) is 11.6. The maximum Gasteiger partial charge on any atom is 0.416 e. The lowest BCUT2D eigenvalue weighted by Gasteiger charge is -2.23. The van der Waals surface area contributed by atoms with Crippen LogP contribution in [0.2, 0.25) is 0 Å². The molecule has 0 unspecified atom stereocenters. The van der Waals surface area contributed by atoms with Gasteiger partial charge in [0, 0.05) is 32.7 Å². The van der Waals surface area contributed by atoms with E-state index >= 15 is 0 Å². The van der Waals surface area contributed by atoms with E-state index in [1.165, 1.54) is 33.4 Å². The molecule has 0 saturated carbocycles. The highest BCUT2D eigenvalue weighted by atomic mass is 19.4. The maximum absolute atomic E-state index is 14.3. The Hall–Kier alpha value is -7.72. The van der Waals surface area contributed by atoms with Crippen LogP contribution in [-0.2, 0) is 24.7 Å². The highest BCUT2D eigenvalue weighted by Crippen LogP contribution is 2.48. The second kappa shape index (κ2) is 14.9. The zero-order valence-electron chi connectivity index (χ0n) is 33.9. The Bertz CT molecular complexity index is 3270. The molecule has 0 bridgehead atoms. The molecule has 0 radical (unpaired) electrons. The minimum atomic E-state index is -4.93. The van der Waals surface area contributed by atoms with E-state index in [9.17, 15) is 63.2 Å². The Balaban J connectivity index is 1.56. The number of hydrogen-bond donors (Lipinski definition) is 0. The van der Waals surface area contributed by atoms with Crippen molar-refractivity contribution in [3.63, 3.8) is 0 Å². The summed E-state index contributed by atoms with van der Waals surface area (Å²) in [4.78, 5) is 0.